The zero-order chi connectivity index (χ0) is 15.7. The number of carbonyl (C=O) groups excluding carboxylic acids is 1. The predicted molar refractivity (Wildman–Crippen MR) is 77.4 cm³/mol. The molecule has 7 nitrogen and oxygen atoms in total. The number of carbonyl (C=O) groups is 1. The van der Waals surface area contributed by atoms with Crippen LogP contribution in [0.2, 0.25) is 0 Å². The van der Waals surface area contributed by atoms with Crippen molar-refractivity contribution >= 4 is 22.1 Å². The third kappa shape index (κ3) is 7.64. The standard InChI is InChI=1S/C13H19NO6S/c1-2-19-13(15)8-9-14(10-11-20-21(16,17)18)12-6-4-3-5-7-12/h3-7H,2,8-11H2,1H3,(H,16,17,18). The van der Waals surface area contributed by atoms with Gasteiger partial charge in [-0.2, -0.15) is 8.42 Å². The van der Waals surface area contributed by atoms with Crippen LogP contribution in [0.4, 0.5) is 5.69 Å². The van der Waals surface area contributed by atoms with Crippen LogP contribution >= 0.6 is 0 Å². The van der Waals surface area contributed by atoms with Gasteiger partial charge in [-0.1, -0.05) is 18.2 Å². The summed E-state index contributed by atoms with van der Waals surface area (Å²) in [6, 6.07) is 9.17. The van der Waals surface area contributed by atoms with Crippen LogP contribution in [-0.2, 0) is 24.1 Å². The molecule has 1 aromatic carbocycles. The lowest BCUT2D eigenvalue weighted by Crippen LogP contribution is -2.30. The van der Waals surface area contributed by atoms with Crippen molar-refractivity contribution in [2.75, 3.05) is 31.2 Å². The molecule has 118 valence electrons. The Morgan fingerprint density at radius 1 is 1.24 bits per heavy atom. The van der Waals surface area contributed by atoms with Crippen LogP contribution in [-0.4, -0.2) is 45.2 Å². The predicted octanol–water partition coefficient (Wildman–Crippen LogP) is 1.27. The smallest absolute Gasteiger partial charge is 0.397 e. The molecule has 0 aliphatic rings. The van der Waals surface area contributed by atoms with E-state index in [1.165, 1.54) is 0 Å². The summed E-state index contributed by atoms with van der Waals surface area (Å²) in [6.45, 7) is 2.40. The molecule has 1 N–H and O–H groups in total. The van der Waals surface area contributed by atoms with Crippen LogP contribution in [0.1, 0.15) is 13.3 Å². The Balaban J connectivity index is 2.60. The van der Waals surface area contributed by atoms with Gasteiger partial charge in [-0.15, -0.1) is 0 Å². The summed E-state index contributed by atoms with van der Waals surface area (Å²) in [5.41, 5.74) is 0.820. The van der Waals surface area contributed by atoms with E-state index >= 15 is 0 Å². The van der Waals surface area contributed by atoms with Crippen molar-refractivity contribution in [2.24, 2.45) is 0 Å². The molecule has 0 aliphatic heterocycles. The summed E-state index contributed by atoms with van der Waals surface area (Å²) in [5.74, 6) is -0.325. The summed E-state index contributed by atoms with van der Waals surface area (Å²) in [5, 5.41) is 0. The minimum Gasteiger partial charge on any atom is -0.466 e. The van der Waals surface area contributed by atoms with Gasteiger partial charge in [-0.25, -0.2) is 4.18 Å². The first-order valence-corrected chi connectivity index (χ1v) is 7.86. The van der Waals surface area contributed by atoms with Gasteiger partial charge in [0.05, 0.1) is 19.6 Å². The number of benzene rings is 1. The number of ether oxygens (including phenoxy) is 1. The molecule has 0 aliphatic carbocycles. The van der Waals surface area contributed by atoms with Crippen molar-refractivity contribution in [3.63, 3.8) is 0 Å². The van der Waals surface area contributed by atoms with Gasteiger partial charge in [-0.05, 0) is 19.1 Å². The largest absolute Gasteiger partial charge is 0.466 e. The van der Waals surface area contributed by atoms with Crippen molar-refractivity contribution in [3.8, 4) is 0 Å². The maximum Gasteiger partial charge on any atom is 0.397 e. The van der Waals surface area contributed by atoms with E-state index < -0.39 is 10.4 Å². The molecule has 0 amide bonds. The number of para-hydroxylation sites is 1. The molecule has 0 saturated heterocycles. The Morgan fingerprint density at radius 3 is 2.48 bits per heavy atom. The average molecular weight is 317 g/mol. The first kappa shape index (κ1) is 17.4. The molecule has 0 aromatic heterocycles. The fraction of sp³-hybridized carbons (Fsp3) is 0.462. The van der Waals surface area contributed by atoms with Crippen molar-refractivity contribution in [2.45, 2.75) is 13.3 Å². The van der Waals surface area contributed by atoms with Crippen molar-refractivity contribution in [1.82, 2.24) is 0 Å². The normalized spacial score (nSPS) is 11.1. The first-order chi connectivity index (χ1) is 9.92. The maximum absolute atomic E-state index is 11.4. The Kier molecular flexibility index (Phi) is 7.13. The summed E-state index contributed by atoms with van der Waals surface area (Å²) < 4.78 is 38.8. The van der Waals surface area contributed by atoms with E-state index in [1.54, 1.807) is 11.8 Å². The van der Waals surface area contributed by atoms with Crippen LogP contribution in [0.3, 0.4) is 0 Å². The summed E-state index contributed by atoms with van der Waals surface area (Å²) in [4.78, 5) is 13.2. The lowest BCUT2D eigenvalue weighted by molar-refractivity contribution is -0.142. The Hall–Kier alpha value is -1.64. The van der Waals surface area contributed by atoms with Gasteiger partial charge in [0.1, 0.15) is 0 Å². The minimum atomic E-state index is -4.46. The number of hydrogen-bond donors (Lipinski definition) is 1. The molecule has 0 bridgehead atoms. The number of esters is 1. The fourth-order valence-electron chi connectivity index (χ4n) is 1.72. The third-order valence-corrected chi connectivity index (χ3v) is 3.07. The van der Waals surface area contributed by atoms with Crippen LogP contribution in [0.5, 0.6) is 0 Å². The molecular weight excluding hydrogens is 298 g/mol. The zero-order valence-corrected chi connectivity index (χ0v) is 12.6. The average Bonchev–Trinajstić information content (AvgIpc) is 2.42. The maximum atomic E-state index is 11.4. The van der Waals surface area contributed by atoms with E-state index in [-0.39, 0.29) is 25.5 Å². The molecule has 0 unspecified atom stereocenters. The highest BCUT2D eigenvalue weighted by molar-refractivity contribution is 7.80. The van der Waals surface area contributed by atoms with E-state index in [4.69, 9.17) is 9.29 Å². The number of rotatable bonds is 9. The molecular formula is C13H19NO6S. The second kappa shape index (κ2) is 8.60. The second-order valence-corrected chi connectivity index (χ2v) is 5.22. The summed E-state index contributed by atoms with van der Waals surface area (Å²) >= 11 is 0. The van der Waals surface area contributed by atoms with Crippen molar-refractivity contribution in [1.29, 1.82) is 0 Å². The van der Waals surface area contributed by atoms with E-state index in [1.807, 2.05) is 30.3 Å². The SMILES string of the molecule is CCOC(=O)CCN(CCOS(=O)(=O)O)c1ccccc1. The number of hydrogen-bond acceptors (Lipinski definition) is 6. The highest BCUT2D eigenvalue weighted by Crippen LogP contribution is 2.13. The lowest BCUT2D eigenvalue weighted by atomic mass is 10.2. The molecule has 0 radical (unpaired) electrons. The lowest BCUT2D eigenvalue weighted by Gasteiger charge is -2.24. The van der Waals surface area contributed by atoms with E-state index in [2.05, 4.69) is 4.18 Å². The van der Waals surface area contributed by atoms with Crippen LogP contribution in [0.15, 0.2) is 30.3 Å². The molecule has 0 fully saturated rings. The highest BCUT2D eigenvalue weighted by atomic mass is 32.3. The molecule has 1 rings (SSSR count). The molecule has 1 aromatic rings. The van der Waals surface area contributed by atoms with Gasteiger partial charge in [0, 0.05) is 18.8 Å². The first-order valence-electron chi connectivity index (χ1n) is 6.50. The van der Waals surface area contributed by atoms with Crippen LogP contribution in [0, 0.1) is 0 Å². The minimum absolute atomic E-state index is 0.175. The summed E-state index contributed by atoms with van der Waals surface area (Å²) in [7, 11) is -4.46. The molecule has 0 atom stereocenters. The van der Waals surface area contributed by atoms with Gasteiger partial charge in [0.15, 0.2) is 0 Å². The van der Waals surface area contributed by atoms with Gasteiger partial charge in [0.25, 0.3) is 0 Å². The molecule has 0 saturated carbocycles. The monoisotopic (exact) mass is 317 g/mol. The van der Waals surface area contributed by atoms with E-state index in [9.17, 15) is 13.2 Å². The third-order valence-electron chi connectivity index (χ3n) is 2.61. The Bertz CT molecular complexity index is 531. The van der Waals surface area contributed by atoms with Crippen molar-refractivity contribution < 1.29 is 26.7 Å². The van der Waals surface area contributed by atoms with Gasteiger partial charge in [-0.3, -0.25) is 9.35 Å². The van der Waals surface area contributed by atoms with Gasteiger partial charge < -0.3 is 9.64 Å². The molecule has 21 heavy (non-hydrogen) atoms. The Labute approximate surface area is 124 Å². The van der Waals surface area contributed by atoms with E-state index in [0.29, 0.717) is 13.2 Å². The quantitative estimate of drug-likeness (QED) is 0.541. The number of anilines is 1. The highest BCUT2D eigenvalue weighted by Gasteiger charge is 2.12. The van der Waals surface area contributed by atoms with Gasteiger partial charge >= 0.3 is 16.4 Å². The Morgan fingerprint density at radius 2 is 1.90 bits per heavy atom. The fourth-order valence-corrected chi connectivity index (χ4v) is 2.01. The van der Waals surface area contributed by atoms with E-state index in [0.717, 1.165) is 5.69 Å². The summed E-state index contributed by atoms with van der Waals surface area (Å²) in [6.07, 6.45) is 0.175. The zero-order valence-electron chi connectivity index (χ0n) is 11.8. The van der Waals surface area contributed by atoms with Gasteiger partial charge in [0.2, 0.25) is 0 Å². The van der Waals surface area contributed by atoms with Crippen LogP contribution < -0.4 is 4.90 Å². The number of nitrogens with zero attached hydrogens (tertiary/aromatic N) is 1. The van der Waals surface area contributed by atoms with Crippen molar-refractivity contribution in [3.05, 3.63) is 30.3 Å². The molecule has 8 heteroatoms. The second-order valence-electron chi connectivity index (χ2n) is 4.13. The van der Waals surface area contributed by atoms with Crippen LogP contribution in [0.25, 0.3) is 0 Å². The topological polar surface area (TPSA) is 93.1 Å². The molecule has 0 spiro atoms. The molecule has 0 heterocycles.